The van der Waals surface area contributed by atoms with Crippen LogP contribution in [0.2, 0.25) is 0 Å². The maximum Gasteiger partial charge on any atom is 0.241 e. The van der Waals surface area contributed by atoms with Crippen LogP contribution in [0.3, 0.4) is 0 Å². The molecule has 1 heterocycles. The first kappa shape index (κ1) is 18.9. The van der Waals surface area contributed by atoms with Crippen molar-refractivity contribution in [1.29, 1.82) is 0 Å². The van der Waals surface area contributed by atoms with Crippen LogP contribution in [0.4, 0.5) is 0 Å². The van der Waals surface area contributed by atoms with E-state index in [1.807, 2.05) is 13.0 Å². The van der Waals surface area contributed by atoms with Crippen molar-refractivity contribution < 1.29 is 8.42 Å². The first-order valence-electron chi connectivity index (χ1n) is 6.95. The van der Waals surface area contributed by atoms with E-state index in [0.717, 1.165) is 25.1 Å². The fourth-order valence-electron chi connectivity index (χ4n) is 2.46. The zero-order valence-electron chi connectivity index (χ0n) is 12.1. The van der Waals surface area contributed by atoms with Gasteiger partial charge in [-0.1, -0.05) is 6.07 Å². The Hall–Kier alpha value is -0.140. The predicted molar refractivity (Wildman–Crippen MR) is 91.5 cm³/mol. The standard InChI is InChI=1S/C14H21BrN2O2S.ClH/c1-11-4-5-13(15)14(9-11)20(18,19)17-8-6-12-3-2-7-16-10-12;/h4-5,9,12,16-17H,2-3,6-8,10H2,1H3;1H. The number of halogens is 2. The zero-order valence-corrected chi connectivity index (χ0v) is 15.3. The van der Waals surface area contributed by atoms with Crippen LogP contribution in [0.5, 0.6) is 0 Å². The topological polar surface area (TPSA) is 58.2 Å². The van der Waals surface area contributed by atoms with Gasteiger partial charge in [0.1, 0.15) is 0 Å². The molecule has 0 aliphatic carbocycles. The van der Waals surface area contributed by atoms with E-state index >= 15 is 0 Å². The van der Waals surface area contributed by atoms with Gasteiger partial charge >= 0.3 is 0 Å². The van der Waals surface area contributed by atoms with Crippen molar-refractivity contribution in [2.45, 2.75) is 31.1 Å². The number of sulfonamides is 1. The lowest BCUT2D eigenvalue weighted by Gasteiger charge is -2.22. The molecule has 120 valence electrons. The Morgan fingerprint density at radius 1 is 1.43 bits per heavy atom. The zero-order chi connectivity index (χ0) is 14.6. The maximum atomic E-state index is 12.3. The summed E-state index contributed by atoms with van der Waals surface area (Å²) in [5, 5.41) is 3.35. The lowest BCUT2D eigenvalue weighted by Crippen LogP contribution is -2.33. The number of rotatable bonds is 5. The van der Waals surface area contributed by atoms with Crippen molar-refractivity contribution in [3.05, 3.63) is 28.2 Å². The molecule has 0 amide bonds. The van der Waals surface area contributed by atoms with Gasteiger partial charge in [-0.3, -0.25) is 0 Å². The number of aryl methyl sites for hydroxylation is 1. The molecule has 2 rings (SSSR count). The molecule has 0 radical (unpaired) electrons. The molecule has 1 aliphatic rings. The first-order chi connectivity index (χ1) is 9.49. The quantitative estimate of drug-likeness (QED) is 0.803. The van der Waals surface area contributed by atoms with Gasteiger partial charge in [0, 0.05) is 11.0 Å². The lowest BCUT2D eigenvalue weighted by atomic mass is 9.96. The largest absolute Gasteiger partial charge is 0.316 e. The van der Waals surface area contributed by atoms with Gasteiger partial charge in [0.05, 0.1) is 4.90 Å². The Labute approximate surface area is 141 Å². The summed E-state index contributed by atoms with van der Waals surface area (Å²) in [7, 11) is -3.43. The molecule has 1 atom stereocenters. The van der Waals surface area contributed by atoms with Crippen LogP contribution in [-0.4, -0.2) is 28.1 Å². The second kappa shape index (κ2) is 8.48. The van der Waals surface area contributed by atoms with E-state index in [1.54, 1.807) is 12.1 Å². The minimum atomic E-state index is -3.43. The molecule has 0 aromatic heterocycles. The lowest BCUT2D eigenvalue weighted by molar-refractivity contribution is 0.358. The van der Waals surface area contributed by atoms with E-state index in [-0.39, 0.29) is 12.4 Å². The number of benzene rings is 1. The third-order valence-corrected chi connectivity index (χ3v) is 6.07. The Morgan fingerprint density at radius 3 is 2.86 bits per heavy atom. The van der Waals surface area contributed by atoms with Crippen molar-refractivity contribution in [1.82, 2.24) is 10.0 Å². The predicted octanol–water partition coefficient (Wildman–Crippen LogP) is 2.85. The van der Waals surface area contributed by atoms with E-state index in [1.165, 1.54) is 12.8 Å². The Kier molecular flexibility index (Phi) is 7.64. The highest BCUT2D eigenvalue weighted by Crippen LogP contribution is 2.23. The Bertz CT molecular complexity index is 560. The molecule has 1 unspecified atom stereocenters. The second-order valence-electron chi connectivity index (χ2n) is 5.33. The second-order valence-corrected chi connectivity index (χ2v) is 7.92. The van der Waals surface area contributed by atoms with E-state index in [0.29, 0.717) is 21.8 Å². The van der Waals surface area contributed by atoms with Gasteiger partial charge in [0.15, 0.2) is 0 Å². The minimum absolute atomic E-state index is 0. The first-order valence-corrected chi connectivity index (χ1v) is 9.23. The third-order valence-electron chi connectivity index (χ3n) is 3.62. The smallest absolute Gasteiger partial charge is 0.241 e. The molecule has 4 nitrogen and oxygen atoms in total. The number of piperidine rings is 1. The molecule has 7 heteroatoms. The molecular formula is C14H22BrClN2O2S. The highest BCUT2D eigenvalue weighted by molar-refractivity contribution is 9.10. The van der Waals surface area contributed by atoms with Gasteiger partial charge in [-0.25, -0.2) is 13.1 Å². The molecule has 0 bridgehead atoms. The number of nitrogens with one attached hydrogen (secondary N) is 2. The molecule has 2 N–H and O–H groups in total. The van der Waals surface area contributed by atoms with Crippen molar-refractivity contribution in [2.24, 2.45) is 5.92 Å². The molecule has 1 fully saturated rings. The minimum Gasteiger partial charge on any atom is -0.316 e. The van der Waals surface area contributed by atoms with Gasteiger partial charge in [-0.05, 0) is 78.8 Å². The number of hydrogen-bond acceptors (Lipinski definition) is 3. The Balaban J connectivity index is 0.00000220. The summed E-state index contributed by atoms with van der Waals surface area (Å²) in [5.74, 6) is 0.576. The molecular weight excluding hydrogens is 376 g/mol. The normalized spacial score (nSPS) is 19.0. The van der Waals surface area contributed by atoms with E-state index in [4.69, 9.17) is 0 Å². The van der Waals surface area contributed by atoms with E-state index in [9.17, 15) is 8.42 Å². The highest BCUT2D eigenvalue weighted by atomic mass is 79.9. The molecule has 0 spiro atoms. The highest BCUT2D eigenvalue weighted by Gasteiger charge is 2.19. The molecule has 1 saturated heterocycles. The Morgan fingerprint density at radius 2 is 2.19 bits per heavy atom. The van der Waals surface area contributed by atoms with Crippen LogP contribution in [0.15, 0.2) is 27.6 Å². The van der Waals surface area contributed by atoms with Crippen LogP contribution in [0.1, 0.15) is 24.8 Å². The summed E-state index contributed by atoms with van der Waals surface area (Å²) in [6.07, 6.45) is 3.25. The SMILES string of the molecule is Cc1ccc(Br)c(S(=O)(=O)NCCC2CCCNC2)c1.Cl. The van der Waals surface area contributed by atoms with E-state index in [2.05, 4.69) is 26.0 Å². The monoisotopic (exact) mass is 396 g/mol. The van der Waals surface area contributed by atoms with Crippen LogP contribution in [0.25, 0.3) is 0 Å². The maximum absolute atomic E-state index is 12.3. The molecule has 21 heavy (non-hydrogen) atoms. The summed E-state index contributed by atoms with van der Waals surface area (Å²) in [6, 6.07) is 5.35. The summed E-state index contributed by atoms with van der Waals surface area (Å²) < 4.78 is 27.9. The average Bonchev–Trinajstić information content (AvgIpc) is 2.42. The third kappa shape index (κ3) is 5.53. The van der Waals surface area contributed by atoms with Gasteiger partial charge in [0.2, 0.25) is 10.0 Å². The van der Waals surface area contributed by atoms with Gasteiger partial charge in [-0.15, -0.1) is 12.4 Å². The van der Waals surface area contributed by atoms with Crippen LogP contribution < -0.4 is 10.0 Å². The average molecular weight is 398 g/mol. The van der Waals surface area contributed by atoms with Crippen LogP contribution in [0, 0.1) is 12.8 Å². The fraction of sp³-hybridized carbons (Fsp3) is 0.571. The summed E-state index contributed by atoms with van der Waals surface area (Å²) in [4.78, 5) is 0.319. The number of hydrogen-bond donors (Lipinski definition) is 2. The fourth-order valence-corrected chi connectivity index (χ4v) is 4.56. The van der Waals surface area contributed by atoms with Crippen LogP contribution >= 0.6 is 28.3 Å². The van der Waals surface area contributed by atoms with Crippen molar-refractivity contribution in [2.75, 3.05) is 19.6 Å². The summed E-state index contributed by atoms with van der Waals surface area (Å²) in [5.41, 5.74) is 0.935. The van der Waals surface area contributed by atoms with Crippen molar-refractivity contribution in [3.8, 4) is 0 Å². The van der Waals surface area contributed by atoms with E-state index < -0.39 is 10.0 Å². The molecule has 1 aromatic carbocycles. The van der Waals surface area contributed by atoms with Gasteiger partial charge in [-0.2, -0.15) is 0 Å². The molecule has 1 aliphatic heterocycles. The molecule has 0 saturated carbocycles. The van der Waals surface area contributed by atoms with Crippen LogP contribution in [-0.2, 0) is 10.0 Å². The summed E-state index contributed by atoms with van der Waals surface area (Å²) in [6.45, 7) is 4.46. The molecule has 1 aromatic rings. The van der Waals surface area contributed by atoms with Crippen molar-refractivity contribution in [3.63, 3.8) is 0 Å². The summed E-state index contributed by atoms with van der Waals surface area (Å²) >= 11 is 3.31. The van der Waals surface area contributed by atoms with Gasteiger partial charge < -0.3 is 5.32 Å². The van der Waals surface area contributed by atoms with Crippen molar-refractivity contribution >= 4 is 38.4 Å². The van der Waals surface area contributed by atoms with Gasteiger partial charge in [0.25, 0.3) is 0 Å².